The van der Waals surface area contributed by atoms with Gasteiger partial charge >= 0.3 is 0 Å². The van der Waals surface area contributed by atoms with Crippen LogP contribution in [-0.4, -0.2) is 19.1 Å². The van der Waals surface area contributed by atoms with Gasteiger partial charge in [0.05, 0.1) is 13.2 Å². The number of carbonyl (C=O) groups is 1. The van der Waals surface area contributed by atoms with Crippen LogP contribution in [0.4, 0.5) is 4.39 Å². The van der Waals surface area contributed by atoms with E-state index in [9.17, 15) is 9.18 Å². The molecule has 0 spiro atoms. The molecule has 0 fully saturated rings. The predicted molar refractivity (Wildman–Crippen MR) is 90.7 cm³/mol. The molecule has 4 nitrogen and oxygen atoms in total. The molecule has 0 aromatic heterocycles. The fourth-order valence-electron chi connectivity index (χ4n) is 2.33. The van der Waals surface area contributed by atoms with E-state index >= 15 is 0 Å². The highest BCUT2D eigenvalue weighted by Gasteiger charge is 2.22. The van der Waals surface area contributed by atoms with Crippen molar-refractivity contribution in [3.8, 4) is 11.5 Å². The number of halogens is 1. The van der Waals surface area contributed by atoms with Crippen LogP contribution in [0.15, 0.2) is 48.5 Å². The highest BCUT2D eigenvalue weighted by atomic mass is 19.1. The summed E-state index contributed by atoms with van der Waals surface area (Å²) in [7, 11) is 1.56. The van der Waals surface area contributed by atoms with Crippen LogP contribution in [-0.2, 0) is 4.79 Å². The van der Waals surface area contributed by atoms with Crippen LogP contribution in [0.1, 0.15) is 31.9 Å². The molecule has 2 aromatic rings. The van der Waals surface area contributed by atoms with Gasteiger partial charge in [0.25, 0.3) is 5.91 Å². The van der Waals surface area contributed by atoms with Gasteiger partial charge in [-0.3, -0.25) is 4.79 Å². The second-order valence-electron chi connectivity index (χ2n) is 5.45. The van der Waals surface area contributed by atoms with Crippen molar-refractivity contribution in [2.75, 3.05) is 7.11 Å². The summed E-state index contributed by atoms with van der Waals surface area (Å²) in [5.41, 5.74) is 0.830. The molecule has 0 saturated heterocycles. The average molecular weight is 331 g/mol. The van der Waals surface area contributed by atoms with E-state index in [1.165, 1.54) is 12.1 Å². The van der Waals surface area contributed by atoms with Crippen LogP contribution in [0.2, 0.25) is 0 Å². The lowest BCUT2D eigenvalue weighted by molar-refractivity contribution is -0.128. The Balaban J connectivity index is 2.04. The molecule has 0 aliphatic rings. The standard InChI is InChI=1S/C19H22FNO3/c1-4-16(24-18-8-6-5-7-17(18)23-3)19(22)21-13(2)14-9-11-15(20)12-10-14/h5-13,16H,4H2,1-3H3,(H,21,22)/t13-,16-/m0/s1. The smallest absolute Gasteiger partial charge is 0.261 e. The highest BCUT2D eigenvalue weighted by Crippen LogP contribution is 2.27. The first-order valence-electron chi connectivity index (χ1n) is 7.90. The Morgan fingerprint density at radius 1 is 1.12 bits per heavy atom. The largest absolute Gasteiger partial charge is 0.493 e. The third kappa shape index (κ3) is 4.47. The average Bonchev–Trinajstić information content (AvgIpc) is 2.60. The fraction of sp³-hybridized carbons (Fsp3) is 0.316. The number of para-hydroxylation sites is 2. The van der Waals surface area contributed by atoms with E-state index in [1.54, 1.807) is 31.4 Å². The molecular formula is C19H22FNO3. The van der Waals surface area contributed by atoms with Crippen LogP contribution in [0.3, 0.4) is 0 Å². The number of amides is 1. The van der Waals surface area contributed by atoms with Gasteiger partial charge < -0.3 is 14.8 Å². The molecular weight excluding hydrogens is 309 g/mol. The lowest BCUT2D eigenvalue weighted by Crippen LogP contribution is -2.39. The topological polar surface area (TPSA) is 47.6 Å². The molecule has 0 saturated carbocycles. The molecule has 1 amide bonds. The van der Waals surface area contributed by atoms with E-state index in [0.29, 0.717) is 17.9 Å². The Labute approximate surface area is 141 Å². The summed E-state index contributed by atoms with van der Waals surface area (Å²) in [5.74, 6) is 0.579. The quantitative estimate of drug-likeness (QED) is 0.838. The molecule has 0 heterocycles. The van der Waals surface area contributed by atoms with E-state index < -0.39 is 6.10 Å². The zero-order chi connectivity index (χ0) is 17.5. The summed E-state index contributed by atoms with van der Waals surface area (Å²) in [6, 6.07) is 13.0. The number of ether oxygens (including phenoxy) is 2. The summed E-state index contributed by atoms with van der Waals surface area (Å²) in [4.78, 5) is 12.5. The van der Waals surface area contributed by atoms with Crippen molar-refractivity contribution in [2.45, 2.75) is 32.4 Å². The number of nitrogens with one attached hydrogen (secondary N) is 1. The molecule has 0 unspecified atom stereocenters. The maximum atomic E-state index is 13.0. The molecule has 2 aromatic carbocycles. The van der Waals surface area contributed by atoms with E-state index in [2.05, 4.69) is 5.32 Å². The molecule has 2 rings (SSSR count). The lowest BCUT2D eigenvalue weighted by atomic mass is 10.1. The number of hydrogen-bond acceptors (Lipinski definition) is 3. The normalized spacial score (nSPS) is 13.0. The van der Waals surface area contributed by atoms with Crippen LogP contribution in [0, 0.1) is 5.82 Å². The molecule has 0 aliphatic carbocycles. The van der Waals surface area contributed by atoms with Crippen molar-refractivity contribution in [2.24, 2.45) is 0 Å². The minimum absolute atomic E-state index is 0.222. The lowest BCUT2D eigenvalue weighted by Gasteiger charge is -2.21. The number of hydrogen-bond donors (Lipinski definition) is 1. The van der Waals surface area contributed by atoms with Crippen molar-refractivity contribution in [1.29, 1.82) is 0 Å². The van der Waals surface area contributed by atoms with Gasteiger partial charge in [0.2, 0.25) is 0 Å². The Morgan fingerprint density at radius 2 is 1.75 bits per heavy atom. The van der Waals surface area contributed by atoms with Crippen LogP contribution in [0.25, 0.3) is 0 Å². The monoisotopic (exact) mass is 331 g/mol. The Bertz CT molecular complexity index is 673. The summed E-state index contributed by atoms with van der Waals surface area (Å²) < 4.78 is 24.0. The maximum Gasteiger partial charge on any atom is 0.261 e. The number of benzene rings is 2. The zero-order valence-corrected chi connectivity index (χ0v) is 14.1. The minimum Gasteiger partial charge on any atom is -0.493 e. The second-order valence-corrected chi connectivity index (χ2v) is 5.45. The van der Waals surface area contributed by atoms with Gasteiger partial charge in [0.1, 0.15) is 5.82 Å². The molecule has 0 radical (unpaired) electrons. The van der Waals surface area contributed by atoms with Crippen molar-refractivity contribution in [3.05, 3.63) is 59.9 Å². The number of carbonyl (C=O) groups excluding carboxylic acids is 1. The Morgan fingerprint density at radius 3 is 2.33 bits per heavy atom. The third-order valence-corrected chi connectivity index (χ3v) is 3.73. The molecule has 0 bridgehead atoms. The van der Waals surface area contributed by atoms with Gasteiger partial charge in [-0.1, -0.05) is 31.2 Å². The SMILES string of the molecule is CC[C@H](Oc1ccccc1OC)C(=O)N[C@@H](C)c1ccc(F)cc1. The maximum absolute atomic E-state index is 13.0. The van der Waals surface area contributed by atoms with Gasteiger partial charge in [-0.2, -0.15) is 0 Å². The Hall–Kier alpha value is -2.56. The van der Waals surface area contributed by atoms with E-state index in [1.807, 2.05) is 26.0 Å². The first kappa shape index (κ1) is 17.8. The molecule has 5 heteroatoms. The van der Waals surface area contributed by atoms with Crippen molar-refractivity contribution in [1.82, 2.24) is 5.32 Å². The summed E-state index contributed by atoms with van der Waals surface area (Å²) in [6.45, 7) is 3.73. The van der Waals surface area contributed by atoms with Gasteiger partial charge in [0, 0.05) is 0 Å². The van der Waals surface area contributed by atoms with Gasteiger partial charge in [0.15, 0.2) is 17.6 Å². The minimum atomic E-state index is -0.635. The van der Waals surface area contributed by atoms with Crippen molar-refractivity contribution < 1.29 is 18.7 Å². The zero-order valence-electron chi connectivity index (χ0n) is 14.1. The third-order valence-electron chi connectivity index (χ3n) is 3.73. The predicted octanol–water partition coefficient (Wildman–Crippen LogP) is 3.87. The van der Waals surface area contributed by atoms with Crippen LogP contribution in [0.5, 0.6) is 11.5 Å². The first-order chi connectivity index (χ1) is 11.5. The molecule has 128 valence electrons. The summed E-state index contributed by atoms with van der Waals surface area (Å²) in [5, 5.41) is 2.90. The van der Waals surface area contributed by atoms with E-state index in [4.69, 9.17) is 9.47 Å². The summed E-state index contributed by atoms with van der Waals surface area (Å²) >= 11 is 0. The number of rotatable bonds is 7. The molecule has 1 N–H and O–H groups in total. The highest BCUT2D eigenvalue weighted by molar-refractivity contribution is 5.81. The van der Waals surface area contributed by atoms with Gasteiger partial charge in [-0.05, 0) is 43.2 Å². The Kier molecular flexibility index (Phi) is 6.18. The van der Waals surface area contributed by atoms with E-state index in [-0.39, 0.29) is 17.8 Å². The van der Waals surface area contributed by atoms with Gasteiger partial charge in [-0.15, -0.1) is 0 Å². The fourth-order valence-corrected chi connectivity index (χ4v) is 2.33. The van der Waals surface area contributed by atoms with E-state index in [0.717, 1.165) is 5.56 Å². The van der Waals surface area contributed by atoms with Gasteiger partial charge in [-0.25, -0.2) is 4.39 Å². The molecule has 0 aliphatic heterocycles. The van der Waals surface area contributed by atoms with Crippen LogP contribution >= 0.6 is 0 Å². The molecule has 2 atom stereocenters. The second kappa shape index (κ2) is 8.34. The molecule has 24 heavy (non-hydrogen) atoms. The number of methoxy groups -OCH3 is 1. The first-order valence-corrected chi connectivity index (χ1v) is 7.90. The van der Waals surface area contributed by atoms with Crippen molar-refractivity contribution >= 4 is 5.91 Å². The van der Waals surface area contributed by atoms with Crippen molar-refractivity contribution in [3.63, 3.8) is 0 Å². The van der Waals surface area contributed by atoms with Crippen LogP contribution < -0.4 is 14.8 Å². The summed E-state index contributed by atoms with van der Waals surface area (Å²) in [6.07, 6.45) is -0.121.